The van der Waals surface area contributed by atoms with Crippen molar-refractivity contribution in [2.24, 2.45) is 0 Å². The summed E-state index contributed by atoms with van der Waals surface area (Å²) in [6, 6.07) is 4.57. The zero-order valence-electron chi connectivity index (χ0n) is 11.7. The molecule has 0 amide bonds. The highest BCUT2D eigenvalue weighted by atomic mass is 35.5. The molecule has 0 fully saturated rings. The summed E-state index contributed by atoms with van der Waals surface area (Å²) in [4.78, 5) is 4.36. The van der Waals surface area contributed by atoms with Crippen molar-refractivity contribution in [3.8, 4) is 0 Å². The largest absolute Gasteiger partial charge is 0.335 e. The van der Waals surface area contributed by atoms with Gasteiger partial charge in [0.2, 0.25) is 0 Å². The maximum absolute atomic E-state index is 14.0. The lowest BCUT2D eigenvalue weighted by molar-refractivity contribution is 0.510. The van der Waals surface area contributed by atoms with Crippen molar-refractivity contribution in [2.45, 2.75) is 32.4 Å². The molecule has 2 rings (SSSR count). The van der Waals surface area contributed by atoms with Crippen molar-refractivity contribution in [1.29, 1.82) is 0 Å². The predicted octanol–water partition coefficient (Wildman–Crippen LogP) is 3.59. The van der Waals surface area contributed by atoms with Crippen molar-refractivity contribution in [2.75, 3.05) is 7.05 Å². The van der Waals surface area contributed by atoms with Crippen molar-refractivity contribution < 1.29 is 4.39 Å². The van der Waals surface area contributed by atoms with Crippen LogP contribution in [0.25, 0.3) is 0 Å². The number of nitrogens with one attached hydrogen (secondary N) is 1. The molecule has 0 aliphatic carbocycles. The Balaban J connectivity index is 2.27. The molecule has 0 aliphatic rings. The number of benzene rings is 1. The Morgan fingerprint density at radius 3 is 2.90 bits per heavy atom. The molecule has 3 nitrogen and oxygen atoms in total. The average molecular weight is 296 g/mol. The highest BCUT2D eigenvalue weighted by molar-refractivity contribution is 6.31. The summed E-state index contributed by atoms with van der Waals surface area (Å²) in [6.07, 6.45) is 5.37. The SMILES string of the molecule is CCCn1ccnc1CC(NC)c1c(F)cccc1Cl. The Kier molecular flexibility index (Phi) is 5.15. The molecule has 1 aromatic heterocycles. The van der Waals surface area contributed by atoms with E-state index >= 15 is 0 Å². The van der Waals surface area contributed by atoms with Gasteiger partial charge in [0, 0.05) is 42.0 Å². The summed E-state index contributed by atoms with van der Waals surface area (Å²) in [7, 11) is 1.81. The van der Waals surface area contributed by atoms with Gasteiger partial charge in [0.15, 0.2) is 0 Å². The fourth-order valence-corrected chi connectivity index (χ4v) is 2.64. The highest BCUT2D eigenvalue weighted by Crippen LogP contribution is 2.27. The van der Waals surface area contributed by atoms with Crippen molar-refractivity contribution in [3.63, 3.8) is 0 Å². The van der Waals surface area contributed by atoms with Crippen LogP contribution in [-0.2, 0) is 13.0 Å². The van der Waals surface area contributed by atoms with Crippen LogP contribution in [0.2, 0.25) is 5.02 Å². The van der Waals surface area contributed by atoms with Crippen molar-refractivity contribution in [3.05, 3.63) is 52.8 Å². The average Bonchev–Trinajstić information content (AvgIpc) is 2.85. The number of imidazole rings is 1. The molecule has 1 unspecified atom stereocenters. The van der Waals surface area contributed by atoms with Crippen molar-refractivity contribution in [1.82, 2.24) is 14.9 Å². The Morgan fingerprint density at radius 1 is 1.45 bits per heavy atom. The number of rotatable bonds is 6. The van der Waals surface area contributed by atoms with Gasteiger partial charge in [-0.15, -0.1) is 0 Å². The van der Waals surface area contributed by atoms with E-state index in [2.05, 4.69) is 21.8 Å². The molecule has 108 valence electrons. The van der Waals surface area contributed by atoms with Gasteiger partial charge in [-0.1, -0.05) is 24.6 Å². The van der Waals surface area contributed by atoms with E-state index in [1.165, 1.54) is 6.07 Å². The molecule has 0 bridgehead atoms. The molecular weight excluding hydrogens is 277 g/mol. The maximum Gasteiger partial charge on any atom is 0.129 e. The molecular formula is C15H19ClFN3. The first-order chi connectivity index (χ1) is 9.67. The van der Waals surface area contributed by atoms with Gasteiger partial charge in [0.1, 0.15) is 11.6 Å². The van der Waals surface area contributed by atoms with Crippen LogP contribution in [0.15, 0.2) is 30.6 Å². The summed E-state index contributed by atoms with van der Waals surface area (Å²) >= 11 is 6.14. The molecule has 2 aromatic rings. The lowest BCUT2D eigenvalue weighted by Gasteiger charge is -2.19. The lowest BCUT2D eigenvalue weighted by Crippen LogP contribution is -2.22. The smallest absolute Gasteiger partial charge is 0.129 e. The zero-order chi connectivity index (χ0) is 14.5. The Morgan fingerprint density at radius 2 is 2.25 bits per heavy atom. The Hall–Kier alpha value is -1.39. The molecule has 1 N–H and O–H groups in total. The molecule has 1 atom stereocenters. The standard InChI is InChI=1S/C15H19ClFN3/c1-3-8-20-9-7-19-14(20)10-13(18-2)15-11(16)5-4-6-12(15)17/h4-7,9,13,18H,3,8,10H2,1-2H3. The molecule has 20 heavy (non-hydrogen) atoms. The van der Waals surface area contributed by atoms with E-state index in [-0.39, 0.29) is 11.9 Å². The van der Waals surface area contributed by atoms with Gasteiger partial charge in [-0.2, -0.15) is 0 Å². The van der Waals surface area contributed by atoms with Crippen LogP contribution in [0.5, 0.6) is 0 Å². The molecule has 1 heterocycles. The fraction of sp³-hybridized carbons (Fsp3) is 0.400. The number of hydrogen-bond donors (Lipinski definition) is 1. The molecule has 5 heteroatoms. The number of likely N-dealkylation sites (N-methyl/N-ethyl adjacent to an activating group) is 1. The van der Waals surface area contributed by atoms with Crippen molar-refractivity contribution >= 4 is 11.6 Å². The van der Waals surface area contributed by atoms with Crippen LogP contribution < -0.4 is 5.32 Å². The summed E-state index contributed by atoms with van der Waals surface area (Å²) in [5, 5.41) is 3.57. The number of nitrogens with zero attached hydrogens (tertiary/aromatic N) is 2. The first kappa shape index (κ1) is 15.0. The van der Waals surface area contributed by atoms with Gasteiger partial charge in [-0.3, -0.25) is 0 Å². The molecule has 1 aromatic carbocycles. The van der Waals surface area contributed by atoms with Gasteiger partial charge in [-0.05, 0) is 25.6 Å². The van der Waals surface area contributed by atoms with E-state index in [1.54, 1.807) is 25.4 Å². The summed E-state index contributed by atoms with van der Waals surface area (Å²) in [6.45, 7) is 3.03. The molecule has 0 spiro atoms. The van der Waals surface area contributed by atoms with E-state index in [1.807, 2.05) is 6.20 Å². The molecule has 0 radical (unpaired) electrons. The lowest BCUT2D eigenvalue weighted by atomic mass is 10.0. The number of hydrogen-bond acceptors (Lipinski definition) is 2. The molecule has 0 saturated heterocycles. The van der Waals surface area contributed by atoms with Gasteiger partial charge >= 0.3 is 0 Å². The normalized spacial score (nSPS) is 12.6. The van der Waals surface area contributed by atoms with Crippen LogP contribution in [-0.4, -0.2) is 16.6 Å². The fourth-order valence-electron chi connectivity index (χ4n) is 2.35. The zero-order valence-corrected chi connectivity index (χ0v) is 12.5. The quantitative estimate of drug-likeness (QED) is 0.882. The van der Waals surface area contributed by atoms with Crippen LogP contribution >= 0.6 is 11.6 Å². The maximum atomic E-state index is 14.0. The third-order valence-corrected chi connectivity index (χ3v) is 3.68. The van der Waals surface area contributed by atoms with Gasteiger partial charge in [0.25, 0.3) is 0 Å². The Labute approximate surface area is 123 Å². The number of aryl methyl sites for hydroxylation is 1. The molecule has 0 saturated carbocycles. The van der Waals surface area contributed by atoms with Crippen LogP contribution in [0.1, 0.15) is 30.8 Å². The third kappa shape index (κ3) is 3.19. The summed E-state index contributed by atoms with van der Waals surface area (Å²) in [5.41, 5.74) is 0.503. The van der Waals surface area contributed by atoms with Crippen LogP contribution in [0.3, 0.4) is 0 Å². The Bertz CT molecular complexity index is 548. The number of aromatic nitrogens is 2. The topological polar surface area (TPSA) is 29.9 Å². The third-order valence-electron chi connectivity index (χ3n) is 3.35. The predicted molar refractivity (Wildman–Crippen MR) is 79.4 cm³/mol. The van der Waals surface area contributed by atoms with E-state index < -0.39 is 0 Å². The molecule has 0 aliphatic heterocycles. The summed E-state index contributed by atoms with van der Waals surface area (Å²) < 4.78 is 16.1. The second kappa shape index (κ2) is 6.86. The van der Waals surface area contributed by atoms with E-state index in [9.17, 15) is 4.39 Å². The minimum Gasteiger partial charge on any atom is -0.335 e. The monoisotopic (exact) mass is 295 g/mol. The summed E-state index contributed by atoms with van der Waals surface area (Å²) in [5.74, 6) is 0.649. The first-order valence-corrected chi connectivity index (χ1v) is 7.16. The second-order valence-corrected chi connectivity index (χ2v) is 5.12. The van der Waals surface area contributed by atoms with E-state index in [0.717, 1.165) is 18.8 Å². The second-order valence-electron chi connectivity index (χ2n) is 4.72. The van der Waals surface area contributed by atoms with Gasteiger partial charge < -0.3 is 9.88 Å². The first-order valence-electron chi connectivity index (χ1n) is 6.78. The van der Waals surface area contributed by atoms with Crippen LogP contribution in [0.4, 0.5) is 4.39 Å². The van der Waals surface area contributed by atoms with Crippen LogP contribution in [0, 0.1) is 5.82 Å². The van der Waals surface area contributed by atoms with Gasteiger partial charge in [-0.25, -0.2) is 9.37 Å². The van der Waals surface area contributed by atoms with E-state index in [4.69, 9.17) is 11.6 Å². The highest BCUT2D eigenvalue weighted by Gasteiger charge is 2.19. The van der Waals surface area contributed by atoms with E-state index in [0.29, 0.717) is 17.0 Å². The minimum atomic E-state index is -0.287. The minimum absolute atomic E-state index is 0.193. The number of halogens is 2. The van der Waals surface area contributed by atoms with Gasteiger partial charge in [0.05, 0.1) is 0 Å².